The molecular weight excluding hydrogens is 324 g/mol. The van der Waals surface area contributed by atoms with E-state index in [1.54, 1.807) is 36.4 Å². The Labute approximate surface area is 154 Å². The number of nitrogens with two attached hydrogens (primary N) is 1. The van der Waals surface area contributed by atoms with Crippen molar-refractivity contribution in [3.05, 3.63) is 52.0 Å². The van der Waals surface area contributed by atoms with E-state index in [-0.39, 0.29) is 41.7 Å². The van der Waals surface area contributed by atoms with Gasteiger partial charge in [0.2, 0.25) is 0 Å². The van der Waals surface area contributed by atoms with E-state index in [1.807, 2.05) is 0 Å². The summed E-state index contributed by atoms with van der Waals surface area (Å²) in [4.78, 5) is 10.6. The van der Waals surface area contributed by atoms with E-state index in [0.717, 1.165) is 0 Å². The Kier molecular flexibility index (Phi) is 6.84. The first-order chi connectivity index (χ1) is 9.47. The summed E-state index contributed by atoms with van der Waals surface area (Å²) in [6, 6.07) is 9.65. The minimum Gasteiger partial charge on any atom is -0.550 e. The number of benzene rings is 2. The van der Waals surface area contributed by atoms with Crippen LogP contribution in [0.3, 0.4) is 0 Å². The number of aliphatic carboxylic acids is 1. The summed E-state index contributed by atoms with van der Waals surface area (Å²) in [5.74, 6) is -0.500. The zero-order valence-corrected chi connectivity index (χ0v) is 14.7. The fraction of sp³-hybridized carbons (Fsp3) is 0.0714. The van der Waals surface area contributed by atoms with Crippen LogP contribution in [0.15, 0.2) is 36.4 Å². The number of halogens is 2. The van der Waals surface area contributed by atoms with Gasteiger partial charge in [0, 0.05) is 17.4 Å². The molecule has 2 N–H and O–H groups in total. The number of nitrogen functional groups attached to an aromatic ring is 1. The van der Waals surface area contributed by atoms with Crippen LogP contribution in [0.5, 0.6) is 11.5 Å². The number of carboxylic acids is 1. The average Bonchev–Trinajstić information content (AvgIpc) is 2.36. The van der Waals surface area contributed by atoms with Crippen LogP contribution < -0.4 is 45.1 Å². The minimum absolute atomic E-state index is 0. The molecular formula is C14H10Cl2NNaO3. The largest absolute Gasteiger partial charge is 1.00 e. The Morgan fingerprint density at radius 1 is 1.19 bits per heavy atom. The molecule has 7 heteroatoms. The first-order valence-corrected chi connectivity index (χ1v) is 6.43. The molecule has 21 heavy (non-hydrogen) atoms. The van der Waals surface area contributed by atoms with Gasteiger partial charge in [-0.2, -0.15) is 0 Å². The molecule has 2 aromatic carbocycles. The van der Waals surface area contributed by atoms with Crippen LogP contribution >= 0.6 is 23.2 Å². The minimum atomic E-state index is -1.21. The second-order valence-electron chi connectivity index (χ2n) is 4.05. The molecule has 0 atom stereocenters. The van der Waals surface area contributed by atoms with Crippen LogP contribution in [0.4, 0.5) is 5.69 Å². The topological polar surface area (TPSA) is 75.4 Å². The third kappa shape index (κ3) is 4.80. The van der Waals surface area contributed by atoms with E-state index in [2.05, 4.69) is 0 Å². The molecule has 0 fully saturated rings. The number of para-hydroxylation sites is 1. The van der Waals surface area contributed by atoms with Crippen molar-refractivity contribution in [1.29, 1.82) is 0 Å². The molecule has 104 valence electrons. The van der Waals surface area contributed by atoms with E-state index in [0.29, 0.717) is 27.1 Å². The number of ether oxygens (including phenoxy) is 1. The number of hydrogen-bond acceptors (Lipinski definition) is 4. The van der Waals surface area contributed by atoms with E-state index >= 15 is 0 Å². The third-order valence-electron chi connectivity index (χ3n) is 2.61. The number of carbonyl (C=O) groups is 1. The van der Waals surface area contributed by atoms with Crippen LogP contribution in [0.1, 0.15) is 5.56 Å². The second kappa shape index (κ2) is 7.92. The van der Waals surface area contributed by atoms with Crippen molar-refractivity contribution in [3.63, 3.8) is 0 Å². The molecule has 0 aliphatic carbocycles. The summed E-state index contributed by atoms with van der Waals surface area (Å²) in [6.45, 7) is 0. The van der Waals surface area contributed by atoms with Gasteiger partial charge in [-0.05, 0) is 29.8 Å². The molecule has 0 bridgehead atoms. The maximum atomic E-state index is 10.6. The van der Waals surface area contributed by atoms with Gasteiger partial charge in [-0.25, -0.2) is 0 Å². The normalized spacial score (nSPS) is 9.81. The van der Waals surface area contributed by atoms with Gasteiger partial charge < -0.3 is 20.4 Å². The molecule has 0 amide bonds. The van der Waals surface area contributed by atoms with Crippen LogP contribution in [0.25, 0.3) is 0 Å². The zero-order chi connectivity index (χ0) is 14.7. The van der Waals surface area contributed by atoms with Crippen molar-refractivity contribution in [2.45, 2.75) is 6.42 Å². The molecule has 2 aromatic rings. The molecule has 0 spiro atoms. The van der Waals surface area contributed by atoms with Gasteiger partial charge in [-0.3, -0.25) is 0 Å². The molecule has 0 radical (unpaired) electrons. The molecule has 0 aliphatic rings. The summed E-state index contributed by atoms with van der Waals surface area (Å²) >= 11 is 11.8. The molecule has 0 aliphatic heterocycles. The Balaban J connectivity index is 0.00000220. The van der Waals surface area contributed by atoms with Crippen molar-refractivity contribution in [2.24, 2.45) is 0 Å². The number of carbonyl (C=O) groups excluding carboxylic acids is 1. The Bertz CT molecular complexity index is 665. The molecule has 0 saturated heterocycles. The van der Waals surface area contributed by atoms with Gasteiger partial charge in [0.25, 0.3) is 0 Å². The van der Waals surface area contributed by atoms with E-state index < -0.39 is 5.97 Å². The monoisotopic (exact) mass is 333 g/mol. The van der Waals surface area contributed by atoms with Crippen molar-refractivity contribution < 1.29 is 44.2 Å². The predicted molar refractivity (Wildman–Crippen MR) is 76.1 cm³/mol. The van der Waals surface area contributed by atoms with Gasteiger partial charge in [0.05, 0.1) is 10.7 Å². The van der Waals surface area contributed by atoms with Gasteiger partial charge in [0.1, 0.15) is 5.75 Å². The Morgan fingerprint density at radius 2 is 1.90 bits per heavy atom. The van der Waals surface area contributed by atoms with Crippen LogP contribution in [0, 0.1) is 0 Å². The summed E-state index contributed by atoms with van der Waals surface area (Å²) in [6.07, 6.45) is -0.280. The van der Waals surface area contributed by atoms with Crippen molar-refractivity contribution in [2.75, 3.05) is 5.73 Å². The smallest absolute Gasteiger partial charge is 0.550 e. The summed E-state index contributed by atoms with van der Waals surface area (Å²) in [5.41, 5.74) is 6.54. The maximum absolute atomic E-state index is 10.6. The first kappa shape index (κ1) is 18.1. The van der Waals surface area contributed by atoms with E-state index in [9.17, 15) is 9.90 Å². The second-order valence-corrected chi connectivity index (χ2v) is 4.90. The van der Waals surface area contributed by atoms with Gasteiger partial charge in [0.15, 0.2) is 5.75 Å². The quantitative estimate of drug-likeness (QED) is 0.613. The Morgan fingerprint density at radius 3 is 2.52 bits per heavy atom. The maximum Gasteiger partial charge on any atom is 1.00 e. The standard InChI is InChI=1S/C14H11Cl2NO3.Na/c15-9-4-5-11(10(16)7-9)20-12-3-1-2-8(14(12)17)6-13(18)19;/h1-5,7H,6,17H2,(H,18,19);/q;+1/p-1. The van der Waals surface area contributed by atoms with E-state index in [1.165, 1.54) is 0 Å². The van der Waals surface area contributed by atoms with Gasteiger partial charge in [-0.1, -0.05) is 35.3 Å². The fourth-order valence-electron chi connectivity index (χ4n) is 1.66. The van der Waals surface area contributed by atoms with Crippen molar-refractivity contribution >= 4 is 34.9 Å². The predicted octanol–water partition coefficient (Wildman–Crippen LogP) is -0.336. The first-order valence-electron chi connectivity index (χ1n) is 5.67. The molecule has 0 unspecified atom stereocenters. The van der Waals surface area contributed by atoms with Crippen molar-refractivity contribution in [3.8, 4) is 11.5 Å². The van der Waals surface area contributed by atoms with Gasteiger partial charge >= 0.3 is 29.6 Å². The summed E-state index contributed by atoms with van der Waals surface area (Å²) < 4.78 is 5.59. The Hall–Kier alpha value is -0.910. The summed E-state index contributed by atoms with van der Waals surface area (Å²) in [5, 5.41) is 11.5. The third-order valence-corrected chi connectivity index (χ3v) is 3.14. The molecule has 0 aromatic heterocycles. The average molecular weight is 334 g/mol. The SMILES string of the molecule is Nc1c(CC(=O)[O-])cccc1Oc1ccc(Cl)cc1Cl.[Na+]. The van der Waals surface area contributed by atoms with E-state index in [4.69, 9.17) is 33.7 Å². The fourth-order valence-corrected chi connectivity index (χ4v) is 2.11. The zero-order valence-electron chi connectivity index (χ0n) is 11.2. The van der Waals surface area contributed by atoms with Crippen molar-refractivity contribution in [1.82, 2.24) is 0 Å². The number of rotatable bonds is 4. The number of anilines is 1. The van der Waals surface area contributed by atoms with Gasteiger partial charge in [-0.15, -0.1) is 0 Å². The molecule has 2 rings (SSSR count). The summed E-state index contributed by atoms with van der Waals surface area (Å²) in [7, 11) is 0. The number of carboxylic acid groups (broad SMARTS) is 1. The van der Waals surface area contributed by atoms with Crippen LogP contribution in [-0.4, -0.2) is 5.97 Å². The number of hydrogen-bond donors (Lipinski definition) is 1. The van der Waals surface area contributed by atoms with Crippen LogP contribution in [-0.2, 0) is 11.2 Å². The molecule has 4 nitrogen and oxygen atoms in total. The van der Waals surface area contributed by atoms with Crippen LogP contribution in [0.2, 0.25) is 10.0 Å². The molecule has 0 heterocycles. The molecule has 0 saturated carbocycles.